The van der Waals surface area contributed by atoms with E-state index in [-0.39, 0.29) is 11.3 Å². The highest BCUT2D eigenvalue weighted by Gasteiger charge is 2.42. The van der Waals surface area contributed by atoms with Gasteiger partial charge in [-0.3, -0.25) is 9.78 Å². The van der Waals surface area contributed by atoms with Gasteiger partial charge in [-0.25, -0.2) is 4.98 Å². The normalized spacial score (nSPS) is 18.8. The van der Waals surface area contributed by atoms with Crippen LogP contribution in [0.2, 0.25) is 0 Å². The number of nitrogens with zero attached hydrogens (tertiary/aromatic N) is 3. The van der Waals surface area contributed by atoms with E-state index >= 15 is 0 Å². The van der Waals surface area contributed by atoms with E-state index in [4.69, 9.17) is 0 Å². The molecule has 1 spiro atoms. The third-order valence-electron chi connectivity index (χ3n) is 4.91. The molecule has 4 rings (SSSR count). The van der Waals surface area contributed by atoms with Crippen molar-refractivity contribution in [2.45, 2.75) is 18.3 Å². The summed E-state index contributed by atoms with van der Waals surface area (Å²) in [6.07, 6.45) is 6.67. The van der Waals surface area contributed by atoms with Crippen molar-refractivity contribution in [3.8, 4) is 0 Å². The second kappa shape index (κ2) is 5.09. The summed E-state index contributed by atoms with van der Waals surface area (Å²) in [4.78, 5) is 22.4. The number of fused-ring (bicyclic) bond motifs is 2. The number of piperidine rings is 1. The largest absolute Gasteiger partial charge is 0.384 e. The van der Waals surface area contributed by atoms with Crippen molar-refractivity contribution in [3.05, 3.63) is 54.1 Å². The second-order valence-corrected chi connectivity index (χ2v) is 6.06. The SMILES string of the molecule is O=C(c1cnccn1)N1CCC2(CC1)CNc1ccccc12. The number of amides is 1. The molecule has 2 aromatic rings. The summed E-state index contributed by atoms with van der Waals surface area (Å²) < 4.78 is 0. The number of hydrogen-bond acceptors (Lipinski definition) is 4. The van der Waals surface area contributed by atoms with Crippen molar-refractivity contribution >= 4 is 11.6 Å². The number of anilines is 1. The van der Waals surface area contributed by atoms with Gasteiger partial charge in [0.05, 0.1) is 6.20 Å². The van der Waals surface area contributed by atoms with Gasteiger partial charge in [0, 0.05) is 43.1 Å². The number of hydrogen-bond donors (Lipinski definition) is 1. The van der Waals surface area contributed by atoms with Gasteiger partial charge in [-0.1, -0.05) is 18.2 Å². The van der Waals surface area contributed by atoms with Crippen molar-refractivity contribution in [1.82, 2.24) is 14.9 Å². The van der Waals surface area contributed by atoms with Crippen LogP contribution in [0.1, 0.15) is 28.9 Å². The summed E-state index contributed by atoms with van der Waals surface area (Å²) in [5.41, 5.74) is 3.26. The number of likely N-dealkylation sites (tertiary alicyclic amines) is 1. The Hall–Kier alpha value is -2.43. The highest BCUT2D eigenvalue weighted by molar-refractivity contribution is 5.92. The minimum Gasteiger partial charge on any atom is -0.384 e. The average Bonchev–Trinajstić information content (AvgIpc) is 2.95. The number of carbonyl (C=O) groups is 1. The van der Waals surface area contributed by atoms with Gasteiger partial charge >= 0.3 is 0 Å². The molecule has 0 radical (unpaired) electrons. The first-order valence-electron chi connectivity index (χ1n) is 7.67. The van der Waals surface area contributed by atoms with Crippen LogP contribution in [-0.4, -0.2) is 40.4 Å². The van der Waals surface area contributed by atoms with Crippen LogP contribution in [0.5, 0.6) is 0 Å². The van der Waals surface area contributed by atoms with E-state index in [0.717, 1.165) is 32.5 Å². The minimum atomic E-state index is -0.0119. The quantitative estimate of drug-likeness (QED) is 0.875. The van der Waals surface area contributed by atoms with Crippen LogP contribution in [0, 0.1) is 0 Å². The number of benzene rings is 1. The zero-order valence-electron chi connectivity index (χ0n) is 12.3. The second-order valence-electron chi connectivity index (χ2n) is 6.06. The van der Waals surface area contributed by atoms with E-state index in [2.05, 4.69) is 39.6 Å². The molecule has 0 aliphatic carbocycles. The molecule has 1 saturated heterocycles. The molecule has 2 aliphatic rings. The van der Waals surface area contributed by atoms with Gasteiger partial charge < -0.3 is 10.2 Å². The van der Waals surface area contributed by atoms with Crippen molar-refractivity contribution in [3.63, 3.8) is 0 Å². The highest BCUT2D eigenvalue weighted by atomic mass is 16.2. The van der Waals surface area contributed by atoms with Gasteiger partial charge in [0.1, 0.15) is 5.69 Å². The lowest BCUT2D eigenvalue weighted by atomic mass is 9.74. The van der Waals surface area contributed by atoms with Crippen molar-refractivity contribution in [2.24, 2.45) is 0 Å². The molecule has 2 aliphatic heterocycles. The van der Waals surface area contributed by atoms with Crippen molar-refractivity contribution < 1.29 is 4.79 Å². The molecule has 1 N–H and O–H groups in total. The lowest BCUT2D eigenvalue weighted by Gasteiger charge is -2.39. The maximum Gasteiger partial charge on any atom is 0.274 e. The monoisotopic (exact) mass is 294 g/mol. The fourth-order valence-electron chi connectivity index (χ4n) is 3.61. The molecule has 0 unspecified atom stereocenters. The number of para-hydroxylation sites is 1. The molecule has 22 heavy (non-hydrogen) atoms. The van der Waals surface area contributed by atoms with Crippen LogP contribution >= 0.6 is 0 Å². The first-order chi connectivity index (χ1) is 10.8. The molecule has 0 atom stereocenters. The van der Waals surface area contributed by atoms with E-state index in [0.29, 0.717) is 5.69 Å². The highest BCUT2D eigenvalue weighted by Crippen LogP contribution is 2.43. The van der Waals surface area contributed by atoms with Crippen LogP contribution in [0.3, 0.4) is 0 Å². The van der Waals surface area contributed by atoms with E-state index in [1.807, 2.05) is 4.90 Å². The van der Waals surface area contributed by atoms with Gasteiger partial charge in [-0.15, -0.1) is 0 Å². The number of rotatable bonds is 1. The van der Waals surface area contributed by atoms with Gasteiger partial charge in [0.15, 0.2) is 0 Å². The van der Waals surface area contributed by atoms with Crippen LogP contribution in [0.25, 0.3) is 0 Å². The van der Waals surface area contributed by atoms with E-state index in [1.165, 1.54) is 11.3 Å². The minimum absolute atomic E-state index is 0.0119. The van der Waals surface area contributed by atoms with E-state index in [9.17, 15) is 4.79 Å². The molecule has 5 heteroatoms. The molecule has 1 amide bonds. The molecule has 1 fully saturated rings. The van der Waals surface area contributed by atoms with E-state index < -0.39 is 0 Å². The third-order valence-corrected chi connectivity index (χ3v) is 4.91. The Balaban J connectivity index is 1.51. The predicted molar refractivity (Wildman–Crippen MR) is 83.8 cm³/mol. The predicted octanol–water partition coefficient (Wildman–Crippen LogP) is 2.08. The van der Waals surface area contributed by atoms with Crippen molar-refractivity contribution in [2.75, 3.05) is 25.0 Å². The fourth-order valence-corrected chi connectivity index (χ4v) is 3.61. The zero-order valence-corrected chi connectivity index (χ0v) is 12.3. The third kappa shape index (κ3) is 2.04. The fraction of sp³-hybridized carbons (Fsp3) is 0.353. The molecule has 1 aromatic heterocycles. The standard InChI is InChI=1S/C17H18N4O/c22-16(15-11-18-7-8-19-15)21-9-5-17(6-10-21)12-20-14-4-2-1-3-13(14)17/h1-4,7-8,11,20H,5-6,9-10,12H2. The van der Waals surface area contributed by atoms with Gasteiger partial charge in [0.25, 0.3) is 5.91 Å². The lowest BCUT2D eigenvalue weighted by Crippen LogP contribution is -2.46. The van der Waals surface area contributed by atoms with Gasteiger partial charge in [-0.2, -0.15) is 0 Å². The molecular formula is C17H18N4O. The Kier molecular flexibility index (Phi) is 3.06. The Morgan fingerprint density at radius 1 is 1.18 bits per heavy atom. The van der Waals surface area contributed by atoms with Crippen LogP contribution in [0.4, 0.5) is 5.69 Å². The van der Waals surface area contributed by atoms with Crippen LogP contribution < -0.4 is 5.32 Å². The Labute approximate surface area is 129 Å². The first-order valence-corrected chi connectivity index (χ1v) is 7.67. The van der Waals surface area contributed by atoms with Gasteiger partial charge in [0.2, 0.25) is 0 Å². The Morgan fingerprint density at radius 3 is 2.77 bits per heavy atom. The summed E-state index contributed by atoms with van der Waals surface area (Å²) >= 11 is 0. The average molecular weight is 294 g/mol. The molecular weight excluding hydrogens is 276 g/mol. The molecule has 0 saturated carbocycles. The van der Waals surface area contributed by atoms with Gasteiger partial charge in [-0.05, 0) is 24.5 Å². The lowest BCUT2D eigenvalue weighted by molar-refractivity contribution is 0.0670. The summed E-state index contributed by atoms with van der Waals surface area (Å²) in [7, 11) is 0. The molecule has 3 heterocycles. The summed E-state index contributed by atoms with van der Waals surface area (Å²) in [6, 6.07) is 8.53. The number of carbonyl (C=O) groups excluding carboxylic acids is 1. The maximum absolute atomic E-state index is 12.5. The topological polar surface area (TPSA) is 58.1 Å². The first kappa shape index (κ1) is 13.2. The summed E-state index contributed by atoms with van der Waals surface area (Å²) in [5.74, 6) is -0.0119. The summed E-state index contributed by atoms with van der Waals surface area (Å²) in [6.45, 7) is 2.51. The zero-order chi connectivity index (χ0) is 15.0. The number of nitrogens with one attached hydrogen (secondary N) is 1. The number of aromatic nitrogens is 2. The molecule has 112 valence electrons. The Morgan fingerprint density at radius 2 is 2.00 bits per heavy atom. The van der Waals surface area contributed by atoms with Crippen LogP contribution in [0.15, 0.2) is 42.9 Å². The molecule has 0 bridgehead atoms. The molecule has 5 nitrogen and oxygen atoms in total. The Bertz CT molecular complexity index is 693. The maximum atomic E-state index is 12.5. The summed E-state index contributed by atoms with van der Waals surface area (Å²) in [5, 5.41) is 3.51. The van der Waals surface area contributed by atoms with Crippen molar-refractivity contribution in [1.29, 1.82) is 0 Å². The van der Waals surface area contributed by atoms with Crippen LogP contribution in [-0.2, 0) is 5.41 Å². The smallest absolute Gasteiger partial charge is 0.274 e. The van der Waals surface area contributed by atoms with E-state index in [1.54, 1.807) is 18.6 Å². The molecule has 1 aromatic carbocycles.